The molecule has 1 heterocycles. The first kappa shape index (κ1) is 13.8. The number of hydrogen-bond donors (Lipinski definition) is 2. The van der Waals surface area contributed by atoms with Crippen LogP contribution in [0.15, 0.2) is 18.3 Å². The molecule has 0 aliphatic heterocycles. The summed E-state index contributed by atoms with van der Waals surface area (Å²) in [6.45, 7) is 3.97. The summed E-state index contributed by atoms with van der Waals surface area (Å²) in [7, 11) is 1.66. The van der Waals surface area contributed by atoms with Crippen molar-refractivity contribution >= 4 is 11.7 Å². The molecule has 5 nitrogen and oxygen atoms in total. The second-order valence-electron chi connectivity index (χ2n) is 4.83. The minimum absolute atomic E-state index is 0.00797. The summed E-state index contributed by atoms with van der Waals surface area (Å²) < 4.78 is 0. The Morgan fingerprint density at radius 3 is 2.95 bits per heavy atom. The number of pyridine rings is 1. The van der Waals surface area contributed by atoms with Gasteiger partial charge in [0, 0.05) is 37.9 Å². The molecule has 0 bridgehead atoms. The minimum atomic E-state index is 0.00797. The number of carbonyl (C=O) groups excluding carboxylic acids is 1. The van der Waals surface area contributed by atoms with E-state index in [2.05, 4.69) is 21.7 Å². The third-order valence-corrected chi connectivity index (χ3v) is 3.32. The molecule has 1 fully saturated rings. The normalized spacial score (nSPS) is 14.2. The lowest BCUT2D eigenvalue weighted by atomic mass is 10.2. The maximum absolute atomic E-state index is 11.5. The standard InChI is InChI=1S/C14H22N4O/c1-3-18(10-13(19)15-2)14-11(5-4-8-16-14)9-17-12-6-7-12/h4-5,8,12,17H,3,6-7,9-10H2,1-2H3,(H,15,19). The summed E-state index contributed by atoms with van der Waals surface area (Å²) in [4.78, 5) is 18.0. The number of amides is 1. The molecule has 0 unspecified atom stereocenters. The maximum Gasteiger partial charge on any atom is 0.239 e. The Balaban J connectivity index is 2.08. The van der Waals surface area contributed by atoms with Crippen LogP contribution in [0.4, 0.5) is 5.82 Å². The Labute approximate surface area is 114 Å². The van der Waals surface area contributed by atoms with Crippen molar-refractivity contribution in [3.63, 3.8) is 0 Å². The van der Waals surface area contributed by atoms with Crippen LogP contribution < -0.4 is 15.5 Å². The van der Waals surface area contributed by atoms with Crippen LogP contribution in [-0.4, -0.2) is 37.1 Å². The molecule has 0 radical (unpaired) electrons. The lowest BCUT2D eigenvalue weighted by Crippen LogP contribution is -2.36. The topological polar surface area (TPSA) is 57.3 Å². The van der Waals surface area contributed by atoms with Crippen molar-refractivity contribution in [2.45, 2.75) is 32.4 Å². The van der Waals surface area contributed by atoms with E-state index in [0.29, 0.717) is 12.6 Å². The van der Waals surface area contributed by atoms with Gasteiger partial charge in [0.15, 0.2) is 0 Å². The van der Waals surface area contributed by atoms with Crippen LogP contribution in [0.5, 0.6) is 0 Å². The van der Waals surface area contributed by atoms with E-state index in [-0.39, 0.29) is 5.91 Å². The van der Waals surface area contributed by atoms with Gasteiger partial charge in [-0.1, -0.05) is 6.07 Å². The van der Waals surface area contributed by atoms with Gasteiger partial charge in [-0.15, -0.1) is 0 Å². The highest BCUT2D eigenvalue weighted by Crippen LogP contribution is 2.22. The predicted octanol–water partition coefficient (Wildman–Crippen LogP) is 0.906. The molecule has 1 aromatic rings. The molecule has 1 aliphatic rings. The smallest absolute Gasteiger partial charge is 0.239 e. The number of nitrogens with one attached hydrogen (secondary N) is 2. The van der Waals surface area contributed by atoms with Gasteiger partial charge in [0.2, 0.25) is 5.91 Å². The molecule has 1 amide bonds. The first-order chi connectivity index (χ1) is 9.24. The molecule has 1 aromatic heterocycles. The number of hydrogen-bond acceptors (Lipinski definition) is 4. The Bertz CT molecular complexity index is 431. The number of likely N-dealkylation sites (N-methyl/N-ethyl adjacent to an activating group) is 2. The Kier molecular flexibility index (Phi) is 4.74. The van der Waals surface area contributed by atoms with Crippen LogP contribution in [0.3, 0.4) is 0 Å². The summed E-state index contributed by atoms with van der Waals surface area (Å²) in [5, 5.41) is 6.15. The lowest BCUT2D eigenvalue weighted by molar-refractivity contribution is -0.119. The average Bonchev–Trinajstić information content (AvgIpc) is 3.27. The molecule has 104 valence electrons. The van der Waals surface area contributed by atoms with E-state index in [1.807, 2.05) is 17.9 Å². The highest BCUT2D eigenvalue weighted by molar-refractivity contribution is 5.80. The van der Waals surface area contributed by atoms with Gasteiger partial charge in [0.1, 0.15) is 5.82 Å². The van der Waals surface area contributed by atoms with Crippen LogP contribution in [0.1, 0.15) is 25.3 Å². The third-order valence-electron chi connectivity index (χ3n) is 3.32. The molecular weight excluding hydrogens is 240 g/mol. The van der Waals surface area contributed by atoms with Gasteiger partial charge in [0.05, 0.1) is 6.54 Å². The van der Waals surface area contributed by atoms with Gasteiger partial charge >= 0.3 is 0 Å². The molecule has 1 saturated carbocycles. The largest absolute Gasteiger partial charge is 0.358 e. The number of anilines is 1. The van der Waals surface area contributed by atoms with Crippen LogP contribution in [0.25, 0.3) is 0 Å². The second kappa shape index (κ2) is 6.52. The lowest BCUT2D eigenvalue weighted by Gasteiger charge is -2.23. The van der Waals surface area contributed by atoms with Crippen molar-refractivity contribution in [1.29, 1.82) is 0 Å². The summed E-state index contributed by atoms with van der Waals surface area (Å²) in [6.07, 6.45) is 4.32. The SMILES string of the molecule is CCN(CC(=O)NC)c1ncccc1CNC1CC1. The highest BCUT2D eigenvalue weighted by atomic mass is 16.1. The molecule has 2 rings (SSSR count). The second-order valence-corrected chi connectivity index (χ2v) is 4.83. The number of aromatic nitrogens is 1. The number of carbonyl (C=O) groups is 1. The summed E-state index contributed by atoms with van der Waals surface area (Å²) >= 11 is 0. The van der Waals surface area contributed by atoms with Crippen molar-refractivity contribution < 1.29 is 4.79 Å². The highest BCUT2D eigenvalue weighted by Gasteiger charge is 2.21. The summed E-state index contributed by atoms with van der Waals surface area (Å²) in [5.41, 5.74) is 1.15. The zero-order valence-corrected chi connectivity index (χ0v) is 11.6. The van der Waals surface area contributed by atoms with Crippen LogP contribution in [0, 0.1) is 0 Å². The van der Waals surface area contributed by atoms with E-state index in [0.717, 1.165) is 24.5 Å². The van der Waals surface area contributed by atoms with E-state index in [4.69, 9.17) is 0 Å². The van der Waals surface area contributed by atoms with Gasteiger partial charge in [-0.25, -0.2) is 4.98 Å². The van der Waals surface area contributed by atoms with Crippen molar-refractivity contribution in [3.8, 4) is 0 Å². The number of nitrogens with zero attached hydrogens (tertiary/aromatic N) is 2. The summed E-state index contributed by atoms with van der Waals surface area (Å²) in [6, 6.07) is 4.69. The van der Waals surface area contributed by atoms with Crippen molar-refractivity contribution in [1.82, 2.24) is 15.6 Å². The molecule has 0 spiro atoms. The molecule has 0 atom stereocenters. The molecule has 0 aromatic carbocycles. The van der Waals surface area contributed by atoms with E-state index in [9.17, 15) is 4.79 Å². The zero-order valence-electron chi connectivity index (χ0n) is 11.6. The molecule has 1 aliphatic carbocycles. The van der Waals surface area contributed by atoms with Crippen LogP contribution >= 0.6 is 0 Å². The molecule has 19 heavy (non-hydrogen) atoms. The molecule has 5 heteroatoms. The van der Waals surface area contributed by atoms with Gasteiger partial charge < -0.3 is 15.5 Å². The monoisotopic (exact) mass is 262 g/mol. The first-order valence-corrected chi connectivity index (χ1v) is 6.87. The summed E-state index contributed by atoms with van der Waals surface area (Å²) in [5.74, 6) is 0.912. The van der Waals surface area contributed by atoms with Crippen LogP contribution in [0.2, 0.25) is 0 Å². The third kappa shape index (κ3) is 3.92. The minimum Gasteiger partial charge on any atom is -0.358 e. The quantitative estimate of drug-likeness (QED) is 0.767. The Morgan fingerprint density at radius 2 is 2.32 bits per heavy atom. The molecule has 0 saturated heterocycles. The fraction of sp³-hybridized carbons (Fsp3) is 0.571. The molecule has 2 N–H and O–H groups in total. The maximum atomic E-state index is 11.5. The van der Waals surface area contributed by atoms with E-state index in [1.54, 1.807) is 13.2 Å². The van der Waals surface area contributed by atoms with Crippen molar-refractivity contribution in [3.05, 3.63) is 23.9 Å². The molecular formula is C14H22N4O. The zero-order chi connectivity index (χ0) is 13.7. The van der Waals surface area contributed by atoms with Gasteiger partial charge in [-0.05, 0) is 25.8 Å². The van der Waals surface area contributed by atoms with Gasteiger partial charge in [0.25, 0.3) is 0 Å². The van der Waals surface area contributed by atoms with Gasteiger partial charge in [-0.3, -0.25) is 4.79 Å². The number of rotatable bonds is 7. The predicted molar refractivity (Wildman–Crippen MR) is 76.1 cm³/mol. The van der Waals surface area contributed by atoms with E-state index < -0.39 is 0 Å². The first-order valence-electron chi connectivity index (χ1n) is 6.87. The van der Waals surface area contributed by atoms with Crippen molar-refractivity contribution in [2.75, 3.05) is 25.0 Å². The van der Waals surface area contributed by atoms with E-state index >= 15 is 0 Å². The Morgan fingerprint density at radius 1 is 1.53 bits per heavy atom. The fourth-order valence-corrected chi connectivity index (χ4v) is 1.98. The fourth-order valence-electron chi connectivity index (χ4n) is 1.98. The van der Waals surface area contributed by atoms with Crippen molar-refractivity contribution in [2.24, 2.45) is 0 Å². The Hall–Kier alpha value is -1.62. The van der Waals surface area contributed by atoms with E-state index in [1.165, 1.54) is 12.8 Å². The average molecular weight is 262 g/mol. The van der Waals surface area contributed by atoms with Gasteiger partial charge in [-0.2, -0.15) is 0 Å². The van der Waals surface area contributed by atoms with Crippen LogP contribution in [-0.2, 0) is 11.3 Å².